The zero-order chi connectivity index (χ0) is 30.5. The Labute approximate surface area is 261 Å². The van der Waals surface area contributed by atoms with Gasteiger partial charge < -0.3 is 20.9 Å². The zero-order valence-corrected chi connectivity index (χ0v) is 26.3. The molecule has 2 heterocycles. The van der Waals surface area contributed by atoms with E-state index in [1.54, 1.807) is 44.6 Å². The van der Waals surface area contributed by atoms with E-state index >= 15 is 0 Å². The molecule has 0 spiro atoms. The molecule has 10 nitrogen and oxygen atoms in total. The van der Waals surface area contributed by atoms with Crippen LogP contribution in [0.5, 0.6) is 11.5 Å². The Morgan fingerprint density at radius 3 is 1.59 bits per heavy atom. The molecule has 0 aliphatic carbocycles. The number of anilines is 2. The number of hydrogen-bond acceptors (Lipinski definition) is 9. The maximum Gasteiger partial charge on any atom is 0.280 e. The molecular weight excluding hydrogens is 684 g/mol. The lowest BCUT2D eigenvalue weighted by Crippen LogP contribution is -2.26. The maximum absolute atomic E-state index is 12.2. The summed E-state index contributed by atoms with van der Waals surface area (Å²) in [7, 11) is 6.11. The van der Waals surface area contributed by atoms with Crippen LogP contribution in [-0.4, -0.2) is 55.1 Å². The fraction of sp³-hybridized carbons (Fsp3) is 0.143. The standard InChI is InChI=1S/C13H11ClN2O2.C8H10ClN3O2.C7H7IO/c1-18-9-4-2-8(3-5-9)12(17)10-6-7-11(14)16-13(10)15;1-12(14-2)8(13)5-3-4-6(9)11-7(5)10;1-9-7-4-2-6(8)3-5-7/h2-7H,1H3,(H2,15,16);3-4H,1-2H3,(H2,10,11);2-5H,1H3. The lowest BCUT2D eigenvalue weighted by Gasteiger charge is -2.14. The first-order chi connectivity index (χ1) is 19.5. The number of halogens is 3. The van der Waals surface area contributed by atoms with E-state index in [1.807, 2.05) is 24.3 Å². The molecule has 0 radical (unpaired) electrons. The molecule has 0 atom stereocenters. The van der Waals surface area contributed by atoms with E-state index in [9.17, 15) is 9.59 Å². The molecule has 0 fully saturated rings. The summed E-state index contributed by atoms with van der Waals surface area (Å²) in [5, 5.41) is 1.57. The number of carbonyl (C=O) groups excluding carboxylic acids is 2. The van der Waals surface area contributed by atoms with E-state index in [0.717, 1.165) is 10.8 Å². The molecule has 13 heteroatoms. The van der Waals surface area contributed by atoms with Crippen molar-refractivity contribution in [3.8, 4) is 11.5 Å². The fourth-order valence-electron chi connectivity index (χ4n) is 2.99. The van der Waals surface area contributed by atoms with Gasteiger partial charge in [0.15, 0.2) is 5.78 Å². The fourth-order valence-corrected chi connectivity index (χ4v) is 3.66. The van der Waals surface area contributed by atoms with Gasteiger partial charge >= 0.3 is 0 Å². The van der Waals surface area contributed by atoms with Crippen molar-refractivity contribution in [2.24, 2.45) is 0 Å². The van der Waals surface area contributed by atoms with Crippen molar-refractivity contribution < 1.29 is 23.9 Å². The highest BCUT2D eigenvalue weighted by atomic mass is 127. The third kappa shape index (κ3) is 10.4. The Balaban J connectivity index is 0.000000228. The lowest BCUT2D eigenvalue weighted by atomic mass is 10.0. The van der Waals surface area contributed by atoms with Crippen LogP contribution < -0.4 is 20.9 Å². The number of amides is 1. The predicted molar refractivity (Wildman–Crippen MR) is 169 cm³/mol. The first-order valence-electron chi connectivity index (χ1n) is 11.6. The lowest BCUT2D eigenvalue weighted by molar-refractivity contribution is -0.0756. The van der Waals surface area contributed by atoms with Crippen molar-refractivity contribution in [1.82, 2.24) is 15.0 Å². The largest absolute Gasteiger partial charge is 0.497 e. The van der Waals surface area contributed by atoms with Crippen LogP contribution >= 0.6 is 45.8 Å². The number of nitrogens with zero attached hydrogens (tertiary/aromatic N) is 3. The van der Waals surface area contributed by atoms with Crippen LogP contribution in [0.2, 0.25) is 10.3 Å². The Morgan fingerprint density at radius 1 is 0.732 bits per heavy atom. The third-order valence-corrected chi connectivity index (χ3v) is 6.36. The van der Waals surface area contributed by atoms with E-state index < -0.39 is 0 Å². The molecule has 0 unspecified atom stereocenters. The average molecular weight is 712 g/mol. The number of hydrogen-bond donors (Lipinski definition) is 2. The number of hydroxylamine groups is 2. The molecular formula is C28H28Cl2IN5O5. The van der Waals surface area contributed by atoms with Gasteiger partial charge in [-0.1, -0.05) is 23.2 Å². The van der Waals surface area contributed by atoms with E-state index in [0.29, 0.717) is 16.9 Å². The van der Waals surface area contributed by atoms with Crippen molar-refractivity contribution in [2.75, 3.05) is 39.8 Å². The molecule has 0 saturated carbocycles. The number of ketones is 1. The summed E-state index contributed by atoms with van der Waals surface area (Å²) in [6, 6.07) is 20.8. The molecule has 2 aromatic heterocycles. The molecule has 216 valence electrons. The Morgan fingerprint density at radius 2 is 1.17 bits per heavy atom. The molecule has 1 amide bonds. The first-order valence-corrected chi connectivity index (χ1v) is 13.5. The Kier molecular flexibility index (Phi) is 13.6. The van der Waals surface area contributed by atoms with Gasteiger partial charge in [0.25, 0.3) is 5.91 Å². The van der Waals surface area contributed by atoms with Crippen LogP contribution in [0.25, 0.3) is 0 Å². The molecule has 41 heavy (non-hydrogen) atoms. The summed E-state index contributed by atoms with van der Waals surface area (Å²) < 4.78 is 11.2. The predicted octanol–water partition coefficient (Wildman–Crippen LogP) is 5.81. The average Bonchev–Trinajstić information content (AvgIpc) is 2.97. The minimum atomic E-state index is -0.367. The highest BCUT2D eigenvalue weighted by Crippen LogP contribution is 2.20. The van der Waals surface area contributed by atoms with Gasteiger partial charge in [0.2, 0.25) is 0 Å². The second-order valence-electron chi connectivity index (χ2n) is 7.83. The summed E-state index contributed by atoms with van der Waals surface area (Å²) in [6.07, 6.45) is 0. The number of methoxy groups -OCH3 is 2. The number of ether oxygens (including phenoxy) is 2. The molecule has 0 bridgehead atoms. The van der Waals surface area contributed by atoms with Crippen LogP contribution in [0.1, 0.15) is 26.3 Å². The van der Waals surface area contributed by atoms with Gasteiger partial charge in [0.1, 0.15) is 33.4 Å². The smallest absolute Gasteiger partial charge is 0.280 e. The summed E-state index contributed by atoms with van der Waals surface area (Å²) in [6.45, 7) is 0. The van der Waals surface area contributed by atoms with Crippen LogP contribution in [0.15, 0.2) is 72.8 Å². The number of nitrogen functional groups attached to an aromatic ring is 2. The number of pyridine rings is 2. The number of carbonyl (C=O) groups is 2. The number of rotatable bonds is 6. The van der Waals surface area contributed by atoms with Crippen molar-refractivity contribution in [2.45, 2.75) is 0 Å². The monoisotopic (exact) mass is 711 g/mol. The minimum Gasteiger partial charge on any atom is -0.497 e. The van der Waals surface area contributed by atoms with E-state index in [4.69, 9.17) is 49.0 Å². The summed E-state index contributed by atoms with van der Waals surface area (Å²) >= 11 is 13.5. The topological polar surface area (TPSA) is 143 Å². The normalized spacial score (nSPS) is 9.83. The third-order valence-electron chi connectivity index (χ3n) is 5.22. The van der Waals surface area contributed by atoms with Crippen molar-refractivity contribution >= 4 is 69.1 Å². The van der Waals surface area contributed by atoms with Crippen molar-refractivity contribution in [1.29, 1.82) is 0 Å². The SMILES string of the molecule is CON(C)C(=O)c1ccc(Cl)nc1N.COc1ccc(C(=O)c2ccc(Cl)nc2N)cc1.COc1ccc(I)cc1. The molecule has 2 aromatic carbocycles. The van der Waals surface area contributed by atoms with E-state index in [1.165, 1.54) is 35.9 Å². The number of benzene rings is 2. The Bertz CT molecular complexity index is 1460. The molecule has 4 N–H and O–H groups in total. The van der Waals surface area contributed by atoms with Crippen molar-refractivity contribution in [3.63, 3.8) is 0 Å². The molecule has 0 aliphatic heterocycles. The number of aromatic nitrogens is 2. The number of nitrogens with two attached hydrogens (primary N) is 2. The second kappa shape index (κ2) is 16.6. The van der Waals surface area contributed by atoms with Gasteiger partial charge in [-0.2, -0.15) is 0 Å². The van der Waals surface area contributed by atoms with Gasteiger partial charge in [-0.25, -0.2) is 15.0 Å². The highest BCUT2D eigenvalue weighted by molar-refractivity contribution is 14.1. The molecule has 0 aliphatic rings. The van der Waals surface area contributed by atoms with Gasteiger partial charge in [-0.15, -0.1) is 0 Å². The molecule has 4 aromatic rings. The first kappa shape index (κ1) is 33.6. The van der Waals surface area contributed by atoms with E-state index in [-0.39, 0.29) is 39.2 Å². The maximum atomic E-state index is 12.2. The van der Waals surface area contributed by atoms with Crippen LogP contribution in [0.3, 0.4) is 0 Å². The highest BCUT2D eigenvalue weighted by Gasteiger charge is 2.15. The van der Waals surface area contributed by atoms with Gasteiger partial charge in [0.05, 0.1) is 32.5 Å². The van der Waals surface area contributed by atoms with Gasteiger partial charge in [-0.05, 0) is 95.4 Å². The zero-order valence-electron chi connectivity index (χ0n) is 22.6. The minimum absolute atomic E-state index is 0.0893. The summed E-state index contributed by atoms with van der Waals surface area (Å²) in [5.74, 6) is 1.26. The molecule has 0 saturated heterocycles. The molecule has 4 rings (SSSR count). The van der Waals surface area contributed by atoms with Gasteiger partial charge in [-0.3, -0.25) is 14.4 Å². The van der Waals surface area contributed by atoms with Crippen LogP contribution in [0, 0.1) is 3.57 Å². The van der Waals surface area contributed by atoms with Crippen LogP contribution in [0.4, 0.5) is 11.6 Å². The summed E-state index contributed by atoms with van der Waals surface area (Å²) in [4.78, 5) is 36.0. The summed E-state index contributed by atoms with van der Waals surface area (Å²) in [5.41, 5.74) is 12.3. The van der Waals surface area contributed by atoms with Gasteiger partial charge in [0, 0.05) is 16.2 Å². The van der Waals surface area contributed by atoms with Crippen molar-refractivity contribution in [3.05, 3.63) is 103 Å². The second-order valence-corrected chi connectivity index (χ2v) is 9.85. The van der Waals surface area contributed by atoms with E-state index in [2.05, 4.69) is 32.6 Å². The Hall–Kier alpha value is -3.65. The quantitative estimate of drug-likeness (QED) is 0.110. The van der Waals surface area contributed by atoms with Crippen LogP contribution in [-0.2, 0) is 4.84 Å².